The van der Waals surface area contributed by atoms with Crippen molar-refractivity contribution in [3.8, 4) is 0 Å². The fourth-order valence-corrected chi connectivity index (χ4v) is 5.38. The SMILES string of the molecule is CCC(=O)N[C@H]1CC[C@H](CCN2CCN(c3nccc4sccc34)CC2)CC1. The van der Waals surface area contributed by atoms with Gasteiger partial charge in [-0.05, 0) is 62.1 Å². The van der Waals surface area contributed by atoms with Gasteiger partial charge in [-0.2, -0.15) is 0 Å². The Morgan fingerprint density at radius 2 is 1.96 bits per heavy atom. The fourth-order valence-electron chi connectivity index (χ4n) is 4.61. The second-order valence-electron chi connectivity index (χ2n) is 8.22. The van der Waals surface area contributed by atoms with E-state index in [9.17, 15) is 4.79 Å². The van der Waals surface area contributed by atoms with E-state index >= 15 is 0 Å². The first-order valence-corrected chi connectivity index (χ1v) is 11.7. The van der Waals surface area contributed by atoms with Crippen molar-refractivity contribution < 1.29 is 4.79 Å². The van der Waals surface area contributed by atoms with Crippen molar-refractivity contribution in [2.45, 2.75) is 51.5 Å². The molecule has 2 aromatic rings. The van der Waals surface area contributed by atoms with E-state index in [0.717, 1.165) is 50.8 Å². The number of fused-ring (bicyclic) bond motifs is 1. The maximum absolute atomic E-state index is 11.6. The molecule has 2 aliphatic rings. The number of pyridine rings is 1. The van der Waals surface area contributed by atoms with Crippen molar-refractivity contribution in [1.82, 2.24) is 15.2 Å². The smallest absolute Gasteiger partial charge is 0.219 e. The van der Waals surface area contributed by atoms with E-state index in [1.807, 2.05) is 13.1 Å². The summed E-state index contributed by atoms with van der Waals surface area (Å²) in [5.41, 5.74) is 0. The second-order valence-corrected chi connectivity index (χ2v) is 9.17. The number of carbonyl (C=O) groups is 1. The number of anilines is 1. The number of rotatable bonds is 6. The Morgan fingerprint density at radius 3 is 2.71 bits per heavy atom. The molecular weight excluding hydrogens is 368 g/mol. The van der Waals surface area contributed by atoms with Crippen LogP contribution in [0.15, 0.2) is 23.7 Å². The van der Waals surface area contributed by atoms with Crippen molar-refractivity contribution in [3.05, 3.63) is 23.7 Å². The third-order valence-electron chi connectivity index (χ3n) is 6.42. The molecule has 0 bridgehead atoms. The predicted molar refractivity (Wildman–Crippen MR) is 117 cm³/mol. The molecular formula is C22H32N4OS. The first-order chi connectivity index (χ1) is 13.7. The van der Waals surface area contributed by atoms with Gasteiger partial charge in [0.1, 0.15) is 5.82 Å². The van der Waals surface area contributed by atoms with E-state index in [2.05, 4.69) is 37.6 Å². The van der Waals surface area contributed by atoms with Crippen LogP contribution in [0.25, 0.3) is 10.1 Å². The van der Waals surface area contributed by atoms with Crippen LogP contribution in [0.1, 0.15) is 45.4 Å². The summed E-state index contributed by atoms with van der Waals surface area (Å²) >= 11 is 1.79. The molecule has 0 unspecified atom stereocenters. The molecule has 1 aliphatic carbocycles. The topological polar surface area (TPSA) is 48.5 Å². The van der Waals surface area contributed by atoms with Gasteiger partial charge in [0.05, 0.1) is 0 Å². The van der Waals surface area contributed by atoms with Crippen LogP contribution in [0, 0.1) is 5.92 Å². The zero-order valence-corrected chi connectivity index (χ0v) is 17.7. The van der Waals surface area contributed by atoms with Gasteiger partial charge < -0.3 is 10.2 Å². The number of hydrogen-bond acceptors (Lipinski definition) is 5. The lowest BCUT2D eigenvalue weighted by Gasteiger charge is -2.37. The molecule has 2 aromatic heterocycles. The molecule has 0 atom stereocenters. The molecule has 5 nitrogen and oxygen atoms in total. The highest BCUT2D eigenvalue weighted by molar-refractivity contribution is 7.17. The molecule has 6 heteroatoms. The van der Waals surface area contributed by atoms with Crippen LogP contribution in [0.2, 0.25) is 0 Å². The molecule has 1 amide bonds. The summed E-state index contributed by atoms with van der Waals surface area (Å²) in [4.78, 5) is 21.3. The Morgan fingerprint density at radius 1 is 1.18 bits per heavy atom. The number of aromatic nitrogens is 1. The van der Waals surface area contributed by atoms with Gasteiger partial charge >= 0.3 is 0 Å². The minimum Gasteiger partial charge on any atom is -0.354 e. The molecule has 1 N–H and O–H groups in total. The van der Waals surface area contributed by atoms with Crippen molar-refractivity contribution in [2.24, 2.45) is 5.92 Å². The molecule has 28 heavy (non-hydrogen) atoms. The van der Waals surface area contributed by atoms with Gasteiger partial charge in [-0.1, -0.05) is 6.92 Å². The maximum atomic E-state index is 11.6. The van der Waals surface area contributed by atoms with Crippen LogP contribution >= 0.6 is 11.3 Å². The van der Waals surface area contributed by atoms with Gasteiger partial charge in [0.15, 0.2) is 0 Å². The van der Waals surface area contributed by atoms with E-state index in [1.165, 1.54) is 35.9 Å². The molecule has 3 heterocycles. The summed E-state index contributed by atoms with van der Waals surface area (Å²) in [6.07, 6.45) is 8.67. The van der Waals surface area contributed by atoms with E-state index in [4.69, 9.17) is 0 Å². The van der Waals surface area contributed by atoms with Crippen LogP contribution in [-0.4, -0.2) is 54.6 Å². The number of carbonyl (C=O) groups excluding carboxylic acids is 1. The summed E-state index contributed by atoms with van der Waals surface area (Å²) in [5, 5.41) is 6.63. The third-order valence-corrected chi connectivity index (χ3v) is 7.30. The zero-order valence-electron chi connectivity index (χ0n) is 16.9. The number of amides is 1. The Bertz CT molecular complexity index is 776. The average molecular weight is 401 g/mol. The van der Waals surface area contributed by atoms with Gasteiger partial charge in [-0.3, -0.25) is 9.69 Å². The van der Waals surface area contributed by atoms with Crippen LogP contribution in [0.5, 0.6) is 0 Å². The van der Waals surface area contributed by atoms with Crippen LogP contribution in [0.4, 0.5) is 5.82 Å². The summed E-state index contributed by atoms with van der Waals surface area (Å²) in [6.45, 7) is 7.53. The summed E-state index contributed by atoms with van der Waals surface area (Å²) in [7, 11) is 0. The highest BCUT2D eigenvalue weighted by Crippen LogP contribution is 2.30. The second kappa shape index (κ2) is 9.23. The minimum atomic E-state index is 0.203. The Hall–Kier alpha value is -1.66. The fraction of sp³-hybridized carbons (Fsp3) is 0.636. The first kappa shape index (κ1) is 19.6. The zero-order chi connectivity index (χ0) is 19.3. The molecule has 1 saturated heterocycles. The van der Waals surface area contributed by atoms with Crippen molar-refractivity contribution in [1.29, 1.82) is 0 Å². The summed E-state index contributed by atoms with van der Waals surface area (Å²) < 4.78 is 1.33. The van der Waals surface area contributed by atoms with E-state index in [0.29, 0.717) is 12.5 Å². The molecule has 0 aromatic carbocycles. The average Bonchev–Trinajstić information content (AvgIpc) is 3.22. The van der Waals surface area contributed by atoms with Gasteiger partial charge in [-0.15, -0.1) is 11.3 Å². The van der Waals surface area contributed by atoms with Crippen LogP contribution in [0.3, 0.4) is 0 Å². The van der Waals surface area contributed by atoms with Gasteiger partial charge in [0.25, 0.3) is 0 Å². The van der Waals surface area contributed by atoms with E-state index < -0.39 is 0 Å². The molecule has 1 saturated carbocycles. The molecule has 152 valence electrons. The lowest BCUT2D eigenvalue weighted by Crippen LogP contribution is -2.47. The van der Waals surface area contributed by atoms with Gasteiger partial charge in [0.2, 0.25) is 5.91 Å². The predicted octanol–water partition coefficient (Wildman–Crippen LogP) is 3.89. The Labute approximate surface area is 172 Å². The van der Waals surface area contributed by atoms with Crippen molar-refractivity contribution in [3.63, 3.8) is 0 Å². The molecule has 0 spiro atoms. The number of hydrogen-bond donors (Lipinski definition) is 1. The molecule has 1 aliphatic heterocycles. The number of nitrogens with one attached hydrogen (secondary N) is 1. The molecule has 4 rings (SSSR count). The number of piperazine rings is 1. The van der Waals surface area contributed by atoms with Gasteiger partial charge in [-0.25, -0.2) is 4.98 Å². The van der Waals surface area contributed by atoms with Gasteiger partial charge in [0, 0.05) is 54.9 Å². The number of thiophene rings is 1. The summed E-state index contributed by atoms with van der Waals surface area (Å²) in [5.74, 6) is 2.19. The lowest BCUT2D eigenvalue weighted by molar-refractivity contribution is -0.121. The monoisotopic (exact) mass is 400 g/mol. The van der Waals surface area contributed by atoms with Crippen molar-refractivity contribution in [2.75, 3.05) is 37.6 Å². The highest BCUT2D eigenvalue weighted by atomic mass is 32.1. The van der Waals surface area contributed by atoms with Crippen molar-refractivity contribution >= 4 is 33.1 Å². The molecule has 2 fully saturated rings. The molecule has 0 radical (unpaired) electrons. The third kappa shape index (κ3) is 4.66. The van der Waals surface area contributed by atoms with E-state index in [-0.39, 0.29) is 5.91 Å². The van der Waals surface area contributed by atoms with Crippen LogP contribution < -0.4 is 10.2 Å². The lowest BCUT2D eigenvalue weighted by atomic mass is 9.84. The Balaban J connectivity index is 1.19. The number of nitrogens with zero attached hydrogens (tertiary/aromatic N) is 3. The standard InChI is InChI=1S/C22H32N4OS/c1-2-21(27)24-18-5-3-17(4-6-18)8-11-25-12-14-26(15-13-25)22-19-9-16-28-20(19)7-10-23-22/h7,9-10,16-18H,2-6,8,11-15H2,1H3,(H,24,27)/t17-,18-. The quantitative estimate of drug-likeness (QED) is 0.799. The Kier molecular flexibility index (Phi) is 6.47. The minimum absolute atomic E-state index is 0.203. The van der Waals surface area contributed by atoms with Crippen LogP contribution in [-0.2, 0) is 4.79 Å². The normalized spacial score (nSPS) is 23.8. The summed E-state index contributed by atoms with van der Waals surface area (Å²) in [6, 6.07) is 4.73. The maximum Gasteiger partial charge on any atom is 0.219 e. The largest absolute Gasteiger partial charge is 0.354 e. The first-order valence-electron chi connectivity index (χ1n) is 10.8. The highest BCUT2D eigenvalue weighted by Gasteiger charge is 2.24. The van der Waals surface area contributed by atoms with E-state index in [1.54, 1.807) is 11.3 Å².